The number of amides is 1. The summed E-state index contributed by atoms with van der Waals surface area (Å²) in [5, 5.41) is 9.90. The van der Waals surface area contributed by atoms with Gasteiger partial charge in [-0.2, -0.15) is 23.4 Å². The highest BCUT2D eigenvalue weighted by atomic mass is 19.4. The second-order valence-corrected chi connectivity index (χ2v) is 8.38. The molecular formula is C25H15F7N6O2. The highest BCUT2D eigenvalue weighted by molar-refractivity contribution is 6.03. The molecule has 0 spiro atoms. The lowest BCUT2D eigenvalue weighted by Crippen LogP contribution is -2.15. The molecule has 0 aliphatic heterocycles. The average molecular weight is 564 g/mol. The molecule has 5 rings (SSSR count). The van der Waals surface area contributed by atoms with E-state index in [2.05, 4.69) is 20.5 Å². The first-order chi connectivity index (χ1) is 18.9. The molecule has 0 aliphatic carbocycles. The van der Waals surface area contributed by atoms with Gasteiger partial charge in [0, 0.05) is 29.5 Å². The van der Waals surface area contributed by atoms with Gasteiger partial charge in [-0.3, -0.25) is 9.48 Å². The van der Waals surface area contributed by atoms with Crippen molar-refractivity contribution in [2.45, 2.75) is 12.7 Å². The van der Waals surface area contributed by atoms with E-state index in [4.69, 9.17) is 4.74 Å². The van der Waals surface area contributed by atoms with E-state index in [9.17, 15) is 35.5 Å². The maximum absolute atomic E-state index is 14.0. The van der Waals surface area contributed by atoms with Crippen molar-refractivity contribution in [2.75, 3.05) is 12.4 Å². The number of ether oxygens (including phenoxy) is 1. The summed E-state index contributed by atoms with van der Waals surface area (Å²) in [5.41, 5.74) is -2.34. The number of carbonyl (C=O) groups excluding carboxylic acids is 1. The van der Waals surface area contributed by atoms with E-state index in [1.165, 1.54) is 19.2 Å². The summed E-state index contributed by atoms with van der Waals surface area (Å²) in [6.07, 6.45) is -2.65. The third-order valence-electron chi connectivity index (χ3n) is 5.76. The molecule has 0 atom stereocenters. The lowest BCUT2D eigenvalue weighted by molar-refractivity contribution is -0.142. The van der Waals surface area contributed by atoms with Gasteiger partial charge in [0.1, 0.15) is 11.6 Å². The Kier molecular flexibility index (Phi) is 6.65. The van der Waals surface area contributed by atoms with Crippen LogP contribution in [0.1, 0.15) is 21.7 Å². The number of alkyl halides is 3. The van der Waals surface area contributed by atoms with Gasteiger partial charge in [-0.25, -0.2) is 27.1 Å². The maximum atomic E-state index is 14.0. The quantitative estimate of drug-likeness (QED) is 0.168. The minimum atomic E-state index is -4.84. The summed E-state index contributed by atoms with van der Waals surface area (Å²) < 4.78 is 103. The summed E-state index contributed by atoms with van der Waals surface area (Å²) in [5.74, 6) is -7.07. The molecule has 3 aromatic heterocycles. The summed E-state index contributed by atoms with van der Waals surface area (Å²) in [7, 11) is 1.44. The molecule has 3 heterocycles. The summed E-state index contributed by atoms with van der Waals surface area (Å²) in [6.45, 7) is -0.647. The fourth-order valence-corrected chi connectivity index (χ4v) is 3.82. The van der Waals surface area contributed by atoms with Gasteiger partial charge < -0.3 is 10.1 Å². The minimum Gasteiger partial charge on any atom is -0.497 e. The van der Waals surface area contributed by atoms with Gasteiger partial charge in [-0.1, -0.05) is 0 Å². The molecule has 5 aromatic rings. The lowest BCUT2D eigenvalue weighted by Gasteiger charge is -2.11. The van der Waals surface area contributed by atoms with E-state index >= 15 is 0 Å². The van der Waals surface area contributed by atoms with Crippen LogP contribution < -0.4 is 10.1 Å². The number of hydrogen-bond acceptors (Lipinski definition) is 5. The molecule has 0 aliphatic rings. The summed E-state index contributed by atoms with van der Waals surface area (Å²) in [6, 6.07) is 8.19. The third kappa shape index (κ3) is 5.04. The zero-order valence-corrected chi connectivity index (χ0v) is 20.1. The standard InChI is InChI=1S/C25H15F7N6O2/c1-40-14-4-2-12(3-5-14)18-7-20(25(30,31)32)38-21(35-18)8-19(36-38)24(39)34-13-9-33-37(10-13)11-15-16(26)6-17(27)23(29)22(15)28/h2-10H,11H2,1H3,(H,34,39). The Hall–Kier alpha value is -4.95. The van der Waals surface area contributed by atoms with Crippen LogP contribution >= 0.6 is 0 Å². The van der Waals surface area contributed by atoms with E-state index in [-0.39, 0.29) is 23.1 Å². The zero-order valence-electron chi connectivity index (χ0n) is 20.1. The molecule has 0 bridgehead atoms. The van der Waals surface area contributed by atoms with Crippen LogP contribution in [0, 0.1) is 23.3 Å². The van der Waals surface area contributed by atoms with Crippen LogP contribution in [0.4, 0.5) is 36.4 Å². The largest absolute Gasteiger partial charge is 0.497 e. The number of halogens is 7. The first-order valence-corrected chi connectivity index (χ1v) is 11.2. The Balaban J connectivity index is 1.42. The van der Waals surface area contributed by atoms with Crippen LogP contribution in [0.25, 0.3) is 16.9 Å². The third-order valence-corrected chi connectivity index (χ3v) is 5.76. The van der Waals surface area contributed by atoms with Gasteiger partial charge >= 0.3 is 6.18 Å². The van der Waals surface area contributed by atoms with Crippen molar-refractivity contribution in [3.05, 3.63) is 95.1 Å². The van der Waals surface area contributed by atoms with E-state index < -0.39 is 58.8 Å². The number of anilines is 1. The molecule has 15 heteroatoms. The Morgan fingerprint density at radius 1 is 1.00 bits per heavy atom. The molecular weight excluding hydrogens is 549 g/mol. The number of carbonyl (C=O) groups is 1. The fourth-order valence-electron chi connectivity index (χ4n) is 3.82. The van der Waals surface area contributed by atoms with Gasteiger partial charge in [-0.15, -0.1) is 0 Å². The predicted octanol–water partition coefficient (Wildman–Crippen LogP) is 5.48. The van der Waals surface area contributed by atoms with Crippen molar-refractivity contribution in [1.29, 1.82) is 0 Å². The Morgan fingerprint density at radius 2 is 1.73 bits per heavy atom. The molecule has 1 amide bonds. The van der Waals surface area contributed by atoms with E-state index in [1.54, 1.807) is 12.1 Å². The summed E-state index contributed by atoms with van der Waals surface area (Å²) in [4.78, 5) is 17.0. The normalized spacial score (nSPS) is 11.7. The van der Waals surface area contributed by atoms with Crippen molar-refractivity contribution >= 4 is 17.2 Å². The Bertz CT molecular complexity index is 1750. The minimum absolute atomic E-state index is 0.0200. The summed E-state index contributed by atoms with van der Waals surface area (Å²) >= 11 is 0. The number of nitrogens with zero attached hydrogens (tertiary/aromatic N) is 5. The monoisotopic (exact) mass is 564 g/mol. The second kappa shape index (κ2) is 9.98. The van der Waals surface area contributed by atoms with Crippen LogP contribution in [0.3, 0.4) is 0 Å². The lowest BCUT2D eigenvalue weighted by atomic mass is 10.1. The van der Waals surface area contributed by atoms with Crippen molar-refractivity contribution in [3.8, 4) is 17.0 Å². The molecule has 0 unspecified atom stereocenters. The Morgan fingerprint density at radius 3 is 2.40 bits per heavy atom. The SMILES string of the molecule is COc1ccc(-c2cc(C(F)(F)F)n3nc(C(=O)Nc4cnn(Cc5c(F)cc(F)c(F)c5F)c4)cc3n2)cc1. The van der Waals surface area contributed by atoms with Gasteiger partial charge in [0.15, 0.2) is 34.5 Å². The molecule has 0 fully saturated rings. The van der Waals surface area contributed by atoms with Crippen molar-refractivity contribution in [3.63, 3.8) is 0 Å². The molecule has 0 saturated heterocycles. The number of benzene rings is 2. The number of methoxy groups -OCH3 is 1. The Labute approximate surface area is 219 Å². The highest BCUT2D eigenvalue weighted by Crippen LogP contribution is 2.33. The number of rotatable bonds is 6. The molecule has 8 nitrogen and oxygen atoms in total. The maximum Gasteiger partial charge on any atom is 0.433 e. The number of nitrogens with one attached hydrogen (secondary N) is 1. The molecule has 2 aromatic carbocycles. The molecule has 206 valence electrons. The van der Waals surface area contributed by atoms with Crippen LogP contribution in [0.15, 0.2) is 54.9 Å². The molecule has 0 radical (unpaired) electrons. The topological polar surface area (TPSA) is 86.3 Å². The van der Waals surface area contributed by atoms with Gasteiger partial charge in [-0.05, 0) is 30.3 Å². The molecule has 40 heavy (non-hydrogen) atoms. The number of fused-ring (bicyclic) bond motifs is 1. The van der Waals surface area contributed by atoms with Crippen LogP contribution in [0.5, 0.6) is 5.75 Å². The molecule has 1 N–H and O–H groups in total. The first kappa shape index (κ1) is 26.6. The predicted molar refractivity (Wildman–Crippen MR) is 126 cm³/mol. The second-order valence-electron chi connectivity index (χ2n) is 8.38. The van der Waals surface area contributed by atoms with Crippen LogP contribution in [0.2, 0.25) is 0 Å². The average Bonchev–Trinajstić information content (AvgIpc) is 3.55. The van der Waals surface area contributed by atoms with Gasteiger partial charge in [0.2, 0.25) is 0 Å². The van der Waals surface area contributed by atoms with Gasteiger partial charge in [0.25, 0.3) is 5.91 Å². The number of hydrogen-bond donors (Lipinski definition) is 1. The van der Waals surface area contributed by atoms with Crippen molar-refractivity contribution in [1.82, 2.24) is 24.4 Å². The van der Waals surface area contributed by atoms with Crippen LogP contribution in [-0.4, -0.2) is 37.4 Å². The van der Waals surface area contributed by atoms with Crippen molar-refractivity contribution in [2.24, 2.45) is 0 Å². The van der Waals surface area contributed by atoms with Crippen LogP contribution in [-0.2, 0) is 12.7 Å². The van der Waals surface area contributed by atoms with E-state index in [0.717, 1.165) is 29.2 Å². The van der Waals surface area contributed by atoms with Gasteiger partial charge in [0.05, 0.1) is 31.2 Å². The first-order valence-electron chi connectivity index (χ1n) is 11.2. The molecule has 0 saturated carbocycles. The highest BCUT2D eigenvalue weighted by Gasteiger charge is 2.35. The fraction of sp³-hybridized carbons (Fsp3) is 0.120. The van der Waals surface area contributed by atoms with Crippen molar-refractivity contribution < 1.29 is 40.3 Å². The number of aromatic nitrogens is 5. The van der Waals surface area contributed by atoms with E-state index in [0.29, 0.717) is 15.8 Å². The zero-order chi connectivity index (χ0) is 28.8. The van der Waals surface area contributed by atoms with E-state index in [1.807, 2.05) is 0 Å². The smallest absolute Gasteiger partial charge is 0.433 e.